The zero-order valence-electron chi connectivity index (χ0n) is 9.54. The second-order valence-corrected chi connectivity index (χ2v) is 2.74. The molecule has 0 aromatic heterocycles. The van der Waals surface area contributed by atoms with Gasteiger partial charge in [-0.3, -0.25) is 4.99 Å². The highest BCUT2D eigenvalue weighted by atomic mass is 14.7. The van der Waals surface area contributed by atoms with Crippen molar-refractivity contribution in [2.45, 2.75) is 27.7 Å². The van der Waals surface area contributed by atoms with Crippen molar-refractivity contribution in [3.63, 3.8) is 0 Å². The Bertz CT molecular complexity index is 311. The molecule has 0 fully saturated rings. The van der Waals surface area contributed by atoms with Gasteiger partial charge in [0.15, 0.2) is 0 Å². The Kier molecular flexibility index (Phi) is 6.38. The van der Waals surface area contributed by atoms with Gasteiger partial charge >= 0.3 is 0 Å². The minimum absolute atomic E-state index is 0.948. The Labute approximate surface area is 87.2 Å². The molecular formula is C13H19N. The van der Waals surface area contributed by atoms with Gasteiger partial charge in [0.2, 0.25) is 0 Å². The predicted octanol–water partition coefficient (Wildman–Crippen LogP) is 4.30. The van der Waals surface area contributed by atoms with Crippen LogP contribution in [0, 0.1) is 6.92 Å². The van der Waals surface area contributed by atoms with Crippen molar-refractivity contribution in [3.8, 4) is 0 Å². The van der Waals surface area contributed by atoms with Gasteiger partial charge in [-0.1, -0.05) is 38.6 Å². The number of aliphatic imine (C=N–C) groups is 1. The van der Waals surface area contributed by atoms with Gasteiger partial charge in [0.05, 0.1) is 5.69 Å². The number of allylic oxidation sites excluding steroid dienone is 1. The number of rotatable bonds is 2. The summed E-state index contributed by atoms with van der Waals surface area (Å²) in [6, 6.07) is 8.05. The minimum atomic E-state index is 0.948. The molecule has 14 heavy (non-hydrogen) atoms. The van der Waals surface area contributed by atoms with Crippen LogP contribution in [0.25, 0.3) is 0 Å². The van der Waals surface area contributed by atoms with Crippen molar-refractivity contribution >= 4 is 11.4 Å². The van der Waals surface area contributed by atoms with Crippen LogP contribution < -0.4 is 0 Å². The number of nitrogens with zero attached hydrogens (tertiary/aromatic N) is 1. The highest BCUT2D eigenvalue weighted by molar-refractivity contribution is 5.94. The van der Waals surface area contributed by atoms with E-state index in [2.05, 4.69) is 24.6 Å². The van der Waals surface area contributed by atoms with Gasteiger partial charge in [-0.2, -0.15) is 0 Å². The third-order valence-electron chi connectivity index (χ3n) is 1.71. The summed E-state index contributed by atoms with van der Waals surface area (Å²) < 4.78 is 0. The maximum Gasteiger partial charge on any atom is 0.0661 e. The van der Waals surface area contributed by atoms with Gasteiger partial charge < -0.3 is 0 Å². The first-order chi connectivity index (χ1) is 6.74. The van der Waals surface area contributed by atoms with Crippen LogP contribution >= 0.6 is 0 Å². The first kappa shape index (κ1) is 12.6. The quantitative estimate of drug-likeness (QED) is 0.615. The van der Waals surface area contributed by atoms with Crippen LogP contribution in [0.5, 0.6) is 0 Å². The highest BCUT2D eigenvalue weighted by Gasteiger charge is 1.92. The lowest BCUT2D eigenvalue weighted by Crippen LogP contribution is -1.82. The van der Waals surface area contributed by atoms with E-state index in [1.165, 1.54) is 5.56 Å². The van der Waals surface area contributed by atoms with Crippen LogP contribution in [0.1, 0.15) is 26.3 Å². The van der Waals surface area contributed by atoms with E-state index in [9.17, 15) is 0 Å². The first-order valence-corrected chi connectivity index (χ1v) is 4.97. The van der Waals surface area contributed by atoms with Gasteiger partial charge in [0, 0.05) is 5.71 Å². The van der Waals surface area contributed by atoms with Crippen LogP contribution in [0.4, 0.5) is 5.69 Å². The molecule has 1 heteroatoms. The average molecular weight is 189 g/mol. The van der Waals surface area contributed by atoms with Crippen LogP contribution in [-0.4, -0.2) is 5.71 Å². The molecule has 0 aliphatic heterocycles. The Morgan fingerprint density at radius 3 is 2.36 bits per heavy atom. The first-order valence-electron chi connectivity index (χ1n) is 4.97. The summed E-state index contributed by atoms with van der Waals surface area (Å²) in [4.78, 5) is 4.38. The predicted molar refractivity (Wildman–Crippen MR) is 65.5 cm³/mol. The lowest BCUT2D eigenvalue weighted by Gasteiger charge is -1.98. The fraction of sp³-hybridized carbons (Fsp3) is 0.308. The summed E-state index contributed by atoms with van der Waals surface area (Å²) in [6.45, 7) is 11.7. The third kappa shape index (κ3) is 4.04. The zero-order chi connectivity index (χ0) is 11.0. The summed E-state index contributed by atoms with van der Waals surface area (Å²) in [5.74, 6) is 0. The summed E-state index contributed by atoms with van der Waals surface area (Å²) in [5, 5.41) is 0. The van der Waals surface area contributed by atoms with E-state index in [1.807, 2.05) is 39.0 Å². The molecule has 0 spiro atoms. The van der Waals surface area contributed by atoms with E-state index in [4.69, 9.17) is 0 Å². The third-order valence-corrected chi connectivity index (χ3v) is 1.71. The Balaban J connectivity index is 0.000000791. The molecule has 0 aliphatic rings. The standard InChI is InChI=1S/C11H13N.C2H6/c1-4-10(3)12-11-8-6-5-7-9(11)2;1-2/h4-8H,1H2,2-3H3;1-2H3. The maximum absolute atomic E-state index is 4.38. The SMILES string of the molecule is C=CC(C)=Nc1ccccc1C.CC. The summed E-state index contributed by atoms with van der Waals surface area (Å²) in [6.07, 6.45) is 1.76. The number of hydrogen-bond acceptors (Lipinski definition) is 1. The van der Waals surface area contributed by atoms with Crippen molar-refractivity contribution in [1.82, 2.24) is 0 Å². The lowest BCUT2D eigenvalue weighted by molar-refractivity contribution is 1.39. The molecule has 0 bridgehead atoms. The Morgan fingerprint density at radius 1 is 1.29 bits per heavy atom. The van der Waals surface area contributed by atoms with E-state index >= 15 is 0 Å². The monoisotopic (exact) mass is 189 g/mol. The van der Waals surface area contributed by atoms with Crippen molar-refractivity contribution in [1.29, 1.82) is 0 Å². The van der Waals surface area contributed by atoms with Gasteiger partial charge in [-0.05, 0) is 31.6 Å². The minimum Gasteiger partial charge on any atom is -0.254 e. The molecule has 0 saturated carbocycles. The van der Waals surface area contributed by atoms with E-state index in [0.29, 0.717) is 0 Å². The summed E-state index contributed by atoms with van der Waals surface area (Å²) >= 11 is 0. The van der Waals surface area contributed by atoms with Gasteiger partial charge in [-0.15, -0.1) is 0 Å². The number of hydrogen-bond donors (Lipinski definition) is 0. The second-order valence-electron chi connectivity index (χ2n) is 2.74. The number of aryl methyl sites for hydroxylation is 1. The molecule has 0 unspecified atom stereocenters. The molecule has 0 aliphatic carbocycles. The molecule has 0 heterocycles. The van der Waals surface area contributed by atoms with E-state index in [0.717, 1.165) is 11.4 Å². The van der Waals surface area contributed by atoms with Crippen molar-refractivity contribution in [2.24, 2.45) is 4.99 Å². The Hall–Kier alpha value is -1.37. The van der Waals surface area contributed by atoms with Gasteiger partial charge in [0.1, 0.15) is 0 Å². The van der Waals surface area contributed by atoms with E-state index in [-0.39, 0.29) is 0 Å². The van der Waals surface area contributed by atoms with Crippen LogP contribution in [0.2, 0.25) is 0 Å². The molecule has 1 nitrogen and oxygen atoms in total. The lowest BCUT2D eigenvalue weighted by atomic mass is 10.2. The van der Waals surface area contributed by atoms with Gasteiger partial charge in [0.25, 0.3) is 0 Å². The molecule has 0 N–H and O–H groups in total. The van der Waals surface area contributed by atoms with E-state index in [1.54, 1.807) is 6.08 Å². The molecule has 0 radical (unpaired) electrons. The second kappa shape index (κ2) is 7.07. The van der Waals surface area contributed by atoms with Crippen molar-refractivity contribution in [2.75, 3.05) is 0 Å². The molecule has 1 aromatic carbocycles. The summed E-state index contributed by atoms with van der Waals surface area (Å²) in [5.41, 5.74) is 3.16. The van der Waals surface area contributed by atoms with Crippen molar-refractivity contribution < 1.29 is 0 Å². The molecule has 0 saturated heterocycles. The maximum atomic E-state index is 4.38. The molecule has 1 rings (SSSR count). The van der Waals surface area contributed by atoms with Crippen LogP contribution in [0.15, 0.2) is 41.9 Å². The van der Waals surface area contributed by atoms with Crippen LogP contribution in [-0.2, 0) is 0 Å². The summed E-state index contributed by atoms with van der Waals surface area (Å²) in [7, 11) is 0. The smallest absolute Gasteiger partial charge is 0.0661 e. The molecular weight excluding hydrogens is 170 g/mol. The largest absolute Gasteiger partial charge is 0.254 e. The number of benzene rings is 1. The van der Waals surface area contributed by atoms with E-state index < -0.39 is 0 Å². The zero-order valence-corrected chi connectivity index (χ0v) is 9.54. The molecule has 0 atom stereocenters. The fourth-order valence-electron chi connectivity index (χ4n) is 0.925. The average Bonchev–Trinajstić information content (AvgIpc) is 2.24. The number of para-hydroxylation sites is 1. The fourth-order valence-corrected chi connectivity index (χ4v) is 0.925. The molecule has 76 valence electrons. The Morgan fingerprint density at radius 2 is 1.86 bits per heavy atom. The van der Waals surface area contributed by atoms with Crippen LogP contribution in [0.3, 0.4) is 0 Å². The topological polar surface area (TPSA) is 12.4 Å². The van der Waals surface area contributed by atoms with Crippen molar-refractivity contribution in [3.05, 3.63) is 42.5 Å². The van der Waals surface area contributed by atoms with Gasteiger partial charge in [-0.25, -0.2) is 0 Å². The molecule has 1 aromatic rings. The highest BCUT2D eigenvalue weighted by Crippen LogP contribution is 2.17. The molecule has 0 amide bonds. The normalized spacial score (nSPS) is 10.1.